The van der Waals surface area contributed by atoms with E-state index < -0.39 is 0 Å². The van der Waals surface area contributed by atoms with E-state index in [1.807, 2.05) is 6.92 Å². The summed E-state index contributed by atoms with van der Waals surface area (Å²) in [5, 5.41) is 5.72. The Morgan fingerprint density at radius 2 is 1.63 bits per heavy atom. The summed E-state index contributed by atoms with van der Waals surface area (Å²) in [4.78, 5) is 38.7. The van der Waals surface area contributed by atoms with Crippen molar-refractivity contribution in [1.82, 2.24) is 4.90 Å². The highest BCUT2D eigenvalue weighted by Gasteiger charge is 2.27. The highest BCUT2D eigenvalue weighted by atomic mass is 16.5. The number of nitrogens with one attached hydrogen (secondary N) is 2. The van der Waals surface area contributed by atoms with Crippen LogP contribution in [0.3, 0.4) is 0 Å². The van der Waals surface area contributed by atoms with Crippen LogP contribution in [0.1, 0.15) is 36.5 Å². The van der Waals surface area contributed by atoms with Crippen LogP contribution in [-0.2, 0) is 9.59 Å². The van der Waals surface area contributed by atoms with Crippen molar-refractivity contribution in [3.8, 4) is 5.75 Å². The van der Waals surface area contributed by atoms with E-state index >= 15 is 0 Å². The largest absolute Gasteiger partial charge is 0.497 e. The fraction of sp³-hybridized carbons (Fsp3) is 0.348. The lowest BCUT2D eigenvalue weighted by molar-refractivity contribution is -0.134. The smallest absolute Gasteiger partial charge is 0.255 e. The molecule has 7 heteroatoms. The van der Waals surface area contributed by atoms with Crippen molar-refractivity contribution in [3.05, 3.63) is 54.1 Å². The van der Waals surface area contributed by atoms with Gasteiger partial charge in [-0.25, -0.2) is 0 Å². The number of methoxy groups -OCH3 is 1. The van der Waals surface area contributed by atoms with Gasteiger partial charge in [0.25, 0.3) is 5.91 Å². The van der Waals surface area contributed by atoms with Crippen molar-refractivity contribution in [2.24, 2.45) is 5.92 Å². The highest BCUT2D eigenvalue weighted by Crippen LogP contribution is 2.20. The van der Waals surface area contributed by atoms with Crippen molar-refractivity contribution >= 4 is 29.1 Å². The molecule has 0 radical (unpaired) electrons. The minimum atomic E-state index is -0.237. The summed E-state index contributed by atoms with van der Waals surface area (Å²) in [5.74, 6) is 0.248. The number of hydrogen-bond donors (Lipinski definition) is 2. The molecule has 7 nitrogen and oxygen atoms in total. The molecular formula is C23H27N3O4. The molecule has 1 aliphatic rings. The van der Waals surface area contributed by atoms with Crippen molar-refractivity contribution in [2.75, 3.05) is 30.8 Å². The lowest BCUT2D eigenvalue weighted by Crippen LogP contribution is -2.43. The van der Waals surface area contributed by atoms with E-state index in [0.717, 1.165) is 12.8 Å². The van der Waals surface area contributed by atoms with E-state index in [1.165, 1.54) is 0 Å². The summed E-state index contributed by atoms with van der Waals surface area (Å²) in [7, 11) is 1.59. The molecule has 0 bridgehead atoms. The number of hydrogen-bond acceptors (Lipinski definition) is 4. The van der Waals surface area contributed by atoms with Crippen molar-refractivity contribution in [2.45, 2.75) is 26.2 Å². The van der Waals surface area contributed by atoms with Crippen LogP contribution in [0.25, 0.3) is 0 Å². The number of carbonyl (C=O) groups is 3. The lowest BCUT2D eigenvalue weighted by atomic mass is 9.96. The molecule has 2 aromatic carbocycles. The standard InChI is InChI=1S/C23H27N3O4/c1-3-21(27)26-14-4-5-17(15-26)23(29)25-18-8-6-16(7-9-18)22(28)24-19-10-12-20(30-2)13-11-19/h6-13,17H,3-5,14-15H2,1-2H3,(H,24,28)(H,25,29). The molecule has 0 aromatic heterocycles. The van der Waals surface area contributed by atoms with Crippen LogP contribution in [0.15, 0.2) is 48.5 Å². The van der Waals surface area contributed by atoms with Gasteiger partial charge in [-0.05, 0) is 61.4 Å². The second-order valence-electron chi connectivity index (χ2n) is 7.28. The summed E-state index contributed by atoms with van der Waals surface area (Å²) in [6.07, 6.45) is 2.05. The quantitative estimate of drug-likeness (QED) is 0.764. The Hall–Kier alpha value is -3.35. The zero-order valence-electron chi connectivity index (χ0n) is 17.3. The molecule has 1 unspecified atom stereocenters. The molecule has 3 rings (SSSR count). The zero-order chi connectivity index (χ0) is 21.5. The molecule has 1 saturated heterocycles. The van der Waals surface area contributed by atoms with E-state index in [1.54, 1.807) is 60.5 Å². The van der Waals surface area contributed by atoms with Gasteiger partial charge in [-0.1, -0.05) is 6.92 Å². The minimum Gasteiger partial charge on any atom is -0.497 e. The van der Waals surface area contributed by atoms with Crippen LogP contribution in [0, 0.1) is 5.92 Å². The Labute approximate surface area is 176 Å². The normalized spacial score (nSPS) is 15.9. The Balaban J connectivity index is 1.56. The topological polar surface area (TPSA) is 87.7 Å². The fourth-order valence-corrected chi connectivity index (χ4v) is 3.47. The van der Waals surface area contributed by atoms with Crippen LogP contribution < -0.4 is 15.4 Å². The SMILES string of the molecule is CCC(=O)N1CCCC(C(=O)Nc2ccc(C(=O)Nc3ccc(OC)cc3)cc2)C1. The summed E-state index contributed by atoms with van der Waals surface area (Å²) < 4.78 is 5.10. The van der Waals surface area contributed by atoms with Crippen molar-refractivity contribution in [1.29, 1.82) is 0 Å². The van der Waals surface area contributed by atoms with Gasteiger partial charge in [0.05, 0.1) is 13.0 Å². The molecule has 3 amide bonds. The molecule has 1 atom stereocenters. The Kier molecular flexibility index (Phi) is 7.06. The predicted octanol–water partition coefficient (Wildman–Crippen LogP) is 3.53. The molecule has 158 valence electrons. The summed E-state index contributed by atoms with van der Waals surface area (Å²) in [6.45, 7) is 3.01. The first-order valence-corrected chi connectivity index (χ1v) is 10.1. The summed E-state index contributed by atoms with van der Waals surface area (Å²) >= 11 is 0. The van der Waals surface area contributed by atoms with Gasteiger partial charge in [0.15, 0.2) is 0 Å². The molecule has 0 aliphatic carbocycles. The maximum atomic E-state index is 12.6. The van der Waals surface area contributed by atoms with Crippen LogP contribution in [0.5, 0.6) is 5.75 Å². The van der Waals surface area contributed by atoms with E-state index in [0.29, 0.717) is 42.2 Å². The Bertz CT molecular complexity index is 894. The molecule has 0 spiro atoms. The number of piperidine rings is 1. The molecule has 1 heterocycles. The first kappa shape index (κ1) is 21.4. The third-order valence-electron chi connectivity index (χ3n) is 5.21. The maximum Gasteiger partial charge on any atom is 0.255 e. The predicted molar refractivity (Wildman–Crippen MR) is 116 cm³/mol. The lowest BCUT2D eigenvalue weighted by Gasteiger charge is -2.31. The van der Waals surface area contributed by atoms with Crippen LogP contribution >= 0.6 is 0 Å². The van der Waals surface area contributed by atoms with Gasteiger partial charge >= 0.3 is 0 Å². The number of amides is 3. The van der Waals surface area contributed by atoms with Crippen molar-refractivity contribution < 1.29 is 19.1 Å². The van der Waals surface area contributed by atoms with E-state index in [2.05, 4.69) is 10.6 Å². The van der Waals surface area contributed by atoms with Crippen molar-refractivity contribution in [3.63, 3.8) is 0 Å². The fourth-order valence-electron chi connectivity index (χ4n) is 3.47. The average Bonchev–Trinajstić information content (AvgIpc) is 2.79. The molecule has 30 heavy (non-hydrogen) atoms. The average molecular weight is 409 g/mol. The van der Waals surface area contributed by atoms with Crippen LogP contribution in [-0.4, -0.2) is 42.8 Å². The number of nitrogens with zero attached hydrogens (tertiary/aromatic N) is 1. The second kappa shape index (κ2) is 9.91. The number of anilines is 2. The van der Waals surface area contributed by atoms with Gasteiger partial charge in [-0.3, -0.25) is 14.4 Å². The number of rotatable bonds is 6. The van der Waals surface area contributed by atoms with E-state index in [9.17, 15) is 14.4 Å². The van der Waals surface area contributed by atoms with Gasteiger partial charge in [-0.15, -0.1) is 0 Å². The van der Waals surface area contributed by atoms with Gasteiger partial charge < -0.3 is 20.3 Å². The molecule has 0 saturated carbocycles. The number of benzene rings is 2. The summed E-state index contributed by atoms with van der Waals surface area (Å²) in [6, 6.07) is 13.8. The molecule has 1 fully saturated rings. The Morgan fingerprint density at radius 1 is 1.00 bits per heavy atom. The number of likely N-dealkylation sites (tertiary alicyclic amines) is 1. The number of carbonyl (C=O) groups excluding carboxylic acids is 3. The molecule has 2 N–H and O–H groups in total. The van der Waals surface area contributed by atoms with Crippen LogP contribution in [0.4, 0.5) is 11.4 Å². The third kappa shape index (κ3) is 5.37. The third-order valence-corrected chi connectivity index (χ3v) is 5.21. The van der Waals surface area contributed by atoms with Gasteiger partial charge in [-0.2, -0.15) is 0 Å². The maximum absolute atomic E-state index is 12.6. The van der Waals surface area contributed by atoms with Crippen LogP contribution in [0.2, 0.25) is 0 Å². The van der Waals surface area contributed by atoms with Gasteiger partial charge in [0.2, 0.25) is 11.8 Å². The monoisotopic (exact) mass is 409 g/mol. The van der Waals surface area contributed by atoms with E-state index in [4.69, 9.17) is 4.74 Å². The first-order valence-electron chi connectivity index (χ1n) is 10.1. The van der Waals surface area contributed by atoms with Gasteiger partial charge in [0.1, 0.15) is 5.75 Å². The zero-order valence-corrected chi connectivity index (χ0v) is 17.3. The highest BCUT2D eigenvalue weighted by molar-refractivity contribution is 6.04. The Morgan fingerprint density at radius 3 is 2.27 bits per heavy atom. The first-order chi connectivity index (χ1) is 14.5. The summed E-state index contributed by atoms with van der Waals surface area (Å²) in [5.41, 5.74) is 1.78. The minimum absolute atomic E-state index is 0.0831. The second-order valence-corrected chi connectivity index (χ2v) is 7.28. The van der Waals surface area contributed by atoms with E-state index in [-0.39, 0.29) is 23.6 Å². The number of ether oxygens (including phenoxy) is 1. The molecule has 1 aliphatic heterocycles. The molecular weight excluding hydrogens is 382 g/mol. The molecule has 2 aromatic rings. The van der Waals surface area contributed by atoms with Gasteiger partial charge in [0, 0.05) is 36.4 Å².